The molecule has 1 aromatic heterocycles. The summed E-state index contributed by atoms with van der Waals surface area (Å²) in [4.78, 5) is 24.6. The summed E-state index contributed by atoms with van der Waals surface area (Å²) in [6.45, 7) is 3.16. The lowest BCUT2D eigenvalue weighted by Gasteiger charge is -2.28. The molecule has 1 aromatic carbocycles. The van der Waals surface area contributed by atoms with Crippen molar-refractivity contribution in [1.29, 1.82) is 0 Å². The zero-order valence-corrected chi connectivity index (χ0v) is 15.4. The smallest absolute Gasteiger partial charge is 0.342 e. The molecule has 10 heteroatoms. The number of carbonyl (C=O) groups is 1. The summed E-state index contributed by atoms with van der Waals surface area (Å²) < 4.78 is 5.18. The van der Waals surface area contributed by atoms with Crippen molar-refractivity contribution in [2.75, 3.05) is 18.0 Å². The fourth-order valence-electron chi connectivity index (χ4n) is 2.88. The van der Waals surface area contributed by atoms with Gasteiger partial charge >= 0.3 is 5.97 Å². The van der Waals surface area contributed by atoms with E-state index in [4.69, 9.17) is 4.42 Å². The van der Waals surface area contributed by atoms with Gasteiger partial charge in [-0.1, -0.05) is 6.07 Å². The second kappa shape index (κ2) is 8.21. The van der Waals surface area contributed by atoms with Gasteiger partial charge in [0.25, 0.3) is 10.9 Å². The fourth-order valence-corrected chi connectivity index (χ4v) is 3.59. The van der Waals surface area contributed by atoms with E-state index in [9.17, 15) is 20.0 Å². The summed E-state index contributed by atoms with van der Waals surface area (Å²) in [5.74, 6) is -0.859. The lowest BCUT2D eigenvalue weighted by atomic mass is 10.1. The second-order valence-corrected chi connectivity index (χ2v) is 7.05. The third-order valence-electron chi connectivity index (χ3n) is 4.11. The number of anilines is 1. The van der Waals surface area contributed by atoms with E-state index in [0.717, 1.165) is 44.1 Å². The predicted molar refractivity (Wildman–Crippen MR) is 99.7 cm³/mol. The molecular formula is C17H18N4O5S. The Morgan fingerprint density at radius 1 is 1.33 bits per heavy atom. The third kappa shape index (κ3) is 4.64. The summed E-state index contributed by atoms with van der Waals surface area (Å²) in [5.41, 5.74) is 0.950. The van der Waals surface area contributed by atoms with Gasteiger partial charge in [0, 0.05) is 26.1 Å². The summed E-state index contributed by atoms with van der Waals surface area (Å²) in [6.07, 6.45) is 4.49. The van der Waals surface area contributed by atoms with Crippen molar-refractivity contribution in [3.8, 4) is 0 Å². The number of nitro groups is 1. The highest BCUT2D eigenvalue weighted by molar-refractivity contribution is 8.03. The Kier molecular flexibility index (Phi) is 5.75. The minimum absolute atomic E-state index is 0.0333. The first-order valence-electron chi connectivity index (χ1n) is 8.40. The quantitative estimate of drug-likeness (QED) is 0.341. The number of rotatable bonds is 6. The standard InChI is InChI=1S/C17H18N4O5S/c1-11-18-19-17(26-11)27-15(16(22)23)10-12-5-6-13(14(9-12)21(24)25)20-7-3-2-4-8-20/h5-6,9-10H,2-4,7-8H2,1H3,(H,22,23)/b15-10+. The molecule has 27 heavy (non-hydrogen) atoms. The van der Waals surface area contributed by atoms with E-state index < -0.39 is 10.9 Å². The molecule has 0 saturated carbocycles. The van der Waals surface area contributed by atoms with Crippen LogP contribution < -0.4 is 4.90 Å². The largest absolute Gasteiger partial charge is 0.477 e. The lowest BCUT2D eigenvalue weighted by Crippen LogP contribution is -2.29. The first-order valence-corrected chi connectivity index (χ1v) is 9.22. The molecule has 0 unspecified atom stereocenters. The average Bonchev–Trinajstić information content (AvgIpc) is 3.06. The molecule has 1 fully saturated rings. The van der Waals surface area contributed by atoms with E-state index in [-0.39, 0.29) is 15.8 Å². The van der Waals surface area contributed by atoms with E-state index in [1.54, 1.807) is 19.1 Å². The molecule has 1 aliphatic heterocycles. The Morgan fingerprint density at radius 3 is 2.67 bits per heavy atom. The summed E-state index contributed by atoms with van der Waals surface area (Å²) in [7, 11) is 0. The van der Waals surface area contributed by atoms with Gasteiger partial charge in [-0.2, -0.15) is 0 Å². The number of carboxylic acid groups (broad SMARTS) is 1. The van der Waals surface area contributed by atoms with Crippen LogP contribution in [0.25, 0.3) is 6.08 Å². The Labute approximate surface area is 159 Å². The van der Waals surface area contributed by atoms with Crippen molar-refractivity contribution >= 4 is 35.2 Å². The number of nitrogens with zero attached hydrogens (tertiary/aromatic N) is 4. The Morgan fingerprint density at radius 2 is 2.07 bits per heavy atom. The summed E-state index contributed by atoms with van der Waals surface area (Å²) >= 11 is 0.800. The van der Waals surface area contributed by atoms with Crippen molar-refractivity contribution < 1.29 is 19.2 Å². The number of aliphatic carboxylic acids is 1. The highest BCUT2D eigenvalue weighted by atomic mass is 32.2. The molecular weight excluding hydrogens is 372 g/mol. The highest BCUT2D eigenvalue weighted by Gasteiger charge is 2.22. The molecule has 0 bridgehead atoms. The van der Waals surface area contributed by atoms with E-state index >= 15 is 0 Å². The molecule has 0 spiro atoms. The molecule has 2 aromatic rings. The van der Waals surface area contributed by atoms with E-state index in [0.29, 0.717) is 17.1 Å². The first-order chi connectivity index (χ1) is 12.9. The molecule has 2 heterocycles. The molecule has 1 aliphatic rings. The number of aromatic nitrogens is 2. The second-order valence-electron chi connectivity index (χ2n) is 6.06. The monoisotopic (exact) mass is 390 g/mol. The number of hydrogen-bond acceptors (Lipinski definition) is 8. The van der Waals surface area contributed by atoms with Crippen molar-refractivity contribution in [2.24, 2.45) is 0 Å². The van der Waals surface area contributed by atoms with Crippen LogP contribution in [-0.2, 0) is 4.79 Å². The van der Waals surface area contributed by atoms with Crippen LogP contribution in [0.5, 0.6) is 0 Å². The molecule has 0 atom stereocenters. The summed E-state index contributed by atoms with van der Waals surface area (Å²) in [5, 5.41) is 28.5. The number of nitro benzene ring substituents is 1. The maximum absolute atomic E-state index is 11.5. The molecule has 9 nitrogen and oxygen atoms in total. The van der Waals surface area contributed by atoms with Crippen LogP contribution in [0.4, 0.5) is 11.4 Å². The molecule has 142 valence electrons. The SMILES string of the molecule is Cc1nnc(S/C(=C/c2ccc(N3CCCCC3)c([N+](=O)[O-])c2)C(=O)O)o1. The van der Waals surface area contributed by atoms with Crippen LogP contribution in [0.1, 0.15) is 30.7 Å². The minimum atomic E-state index is -1.18. The summed E-state index contributed by atoms with van der Waals surface area (Å²) in [6, 6.07) is 4.75. The Balaban J connectivity index is 1.92. The van der Waals surface area contributed by atoms with E-state index in [1.165, 1.54) is 12.1 Å². The Bertz CT molecular complexity index is 889. The van der Waals surface area contributed by atoms with Crippen LogP contribution in [0.2, 0.25) is 0 Å². The topological polar surface area (TPSA) is 123 Å². The van der Waals surface area contributed by atoms with E-state index in [2.05, 4.69) is 10.2 Å². The van der Waals surface area contributed by atoms with Gasteiger partial charge in [-0.25, -0.2) is 4.79 Å². The molecule has 0 amide bonds. The minimum Gasteiger partial charge on any atom is -0.477 e. The molecule has 0 aliphatic carbocycles. The zero-order chi connectivity index (χ0) is 19.4. The number of carboxylic acids is 1. The van der Waals surface area contributed by atoms with Gasteiger partial charge < -0.3 is 14.4 Å². The van der Waals surface area contributed by atoms with Crippen LogP contribution in [0.3, 0.4) is 0 Å². The molecule has 0 radical (unpaired) electrons. The number of aryl methyl sites for hydroxylation is 1. The fraction of sp³-hybridized carbons (Fsp3) is 0.353. The van der Waals surface area contributed by atoms with E-state index in [1.807, 2.05) is 4.90 Å². The van der Waals surface area contributed by atoms with Gasteiger partial charge in [0.15, 0.2) is 0 Å². The van der Waals surface area contributed by atoms with Gasteiger partial charge in [-0.15, -0.1) is 10.2 Å². The van der Waals surface area contributed by atoms with Crippen LogP contribution in [-0.4, -0.2) is 39.3 Å². The van der Waals surface area contributed by atoms with Gasteiger partial charge in [0.2, 0.25) is 5.89 Å². The number of hydrogen-bond donors (Lipinski definition) is 1. The van der Waals surface area contributed by atoms with Crippen molar-refractivity contribution in [1.82, 2.24) is 10.2 Å². The van der Waals surface area contributed by atoms with Gasteiger partial charge in [0.1, 0.15) is 10.6 Å². The normalized spacial score (nSPS) is 15.0. The lowest BCUT2D eigenvalue weighted by molar-refractivity contribution is -0.384. The van der Waals surface area contributed by atoms with Crippen molar-refractivity contribution in [2.45, 2.75) is 31.4 Å². The Hall–Kier alpha value is -2.88. The number of piperidine rings is 1. The maximum atomic E-state index is 11.5. The van der Waals surface area contributed by atoms with Gasteiger partial charge in [-0.3, -0.25) is 10.1 Å². The molecule has 1 N–H and O–H groups in total. The van der Waals surface area contributed by atoms with Crippen LogP contribution in [0.15, 0.2) is 32.7 Å². The predicted octanol–water partition coefficient (Wildman–Crippen LogP) is 3.49. The van der Waals surface area contributed by atoms with Crippen LogP contribution >= 0.6 is 11.8 Å². The van der Waals surface area contributed by atoms with Crippen LogP contribution in [0, 0.1) is 17.0 Å². The molecule has 1 saturated heterocycles. The first kappa shape index (κ1) is 18.9. The van der Waals surface area contributed by atoms with Crippen molar-refractivity contribution in [3.63, 3.8) is 0 Å². The third-order valence-corrected chi connectivity index (χ3v) is 4.96. The average molecular weight is 390 g/mol. The number of thioether (sulfide) groups is 1. The van der Waals surface area contributed by atoms with Gasteiger partial charge in [-0.05, 0) is 48.7 Å². The van der Waals surface area contributed by atoms with Gasteiger partial charge in [0.05, 0.1) is 4.92 Å². The molecule has 3 rings (SSSR count). The highest BCUT2D eigenvalue weighted by Crippen LogP contribution is 2.33. The zero-order valence-electron chi connectivity index (χ0n) is 14.6. The number of benzene rings is 1. The van der Waals surface area contributed by atoms with Crippen molar-refractivity contribution in [3.05, 3.63) is 44.7 Å². The maximum Gasteiger partial charge on any atom is 0.342 e.